The van der Waals surface area contributed by atoms with Gasteiger partial charge < -0.3 is 0 Å². The van der Waals surface area contributed by atoms with Gasteiger partial charge in [-0.1, -0.05) is 13.5 Å². The van der Waals surface area contributed by atoms with E-state index in [0.717, 1.165) is 29.3 Å². The van der Waals surface area contributed by atoms with Crippen molar-refractivity contribution in [1.29, 1.82) is 0 Å². The fourth-order valence-electron chi connectivity index (χ4n) is 3.64. The first-order valence-corrected chi connectivity index (χ1v) is 11.1. The smallest absolute Gasteiger partial charge is 0.296 e. The number of aromatic nitrogens is 2. The molecule has 0 spiro atoms. The van der Waals surface area contributed by atoms with E-state index in [4.69, 9.17) is 0 Å². The second-order valence-electron chi connectivity index (χ2n) is 8.13. The minimum atomic E-state index is -4.72. The zero-order valence-electron chi connectivity index (χ0n) is 17.4. The highest BCUT2D eigenvalue weighted by atomic mass is 32.2. The van der Waals surface area contributed by atoms with Gasteiger partial charge >= 0.3 is 12.4 Å². The highest BCUT2D eigenvalue weighted by molar-refractivity contribution is 7.92. The molecule has 1 saturated heterocycles. The van der Waals surface area contributed by atoms with Crippen LogP contribution in [0.1, 0.15) is 45.4 Å². The van der Waals surface area contributed by atoms with Crippen molar-refractivity contribution in [3.8, 4) is 0 Å². The molecule has 0 bridgehead atoms. The van der Waals surface area contributed by atoms with Crippen molar-refractivity contribution in [2.24, 2.45) is 5.92 Å². The van der Waals surface area contributed by atoms with Crippen LogP contribution in [0.5, 0.6) is 0 Å². The van der Waals surface area contributed by atoms with E-state index >= 15 is 0 Å². The van der Waals surface area contributed by atoms with Crippen LogP contribution in [0.15, 0.2) is 41.6 Å². The molecule has 0 N–H and O–H groups in total. The molecule has 34 heavy (non-hydrogen) atoms. The minimum Gasteiger partial charge on any atom is -0.296 e. The molecule has 1 aliphatic heterocycles. The van der Waals surface area contributed by atoms with Crippen LogP contribution in [0, 0.1) is 5.92 Å². The summed E-state index contributed by atoms with van der Waals surface area (Å²) in [7, 11) is -4.27. The second-order valence-corrected chi connectivity index (χ2v) is 10.7. The van der Waals surface area contributed by atoms with Crippen LogP contribution in [-0.2, 0) is 27.0 Å². The fourth-order valence-corrected chi connectivity index (χ4v) is 5.43. The zero-order valence-corrected chi connectivity index (χ0v) is 18.2. The average molecular weight is 511 g/mol. The van der Waals surface area contributed by atoms with Gasteiger partial charge in [0.15, 0.2) is 21.3 Å². The number of halogens is 6. The summed E-state index contributed by atoms with van der Waals surface area (Å²) in [6, 6.07) is 3.40. The maximum atomic E-state index is 13.2. The molecule has 2 aromatic rings. The molecule has 1 aromatic carbocycles. The van der Waals surface area contributed by atoms with Crippen LogP contribution in [0.25, 0.3) is 0 Å². The Morgan fingerprint density at radius 3 is 2.15 bits per heavy atom. The molecule has 2 heterocycles. The van der Waals surface area contributed by atoms with Gasteiger partial charge in [0.2, 0.25) is 5.91 Å². The first-order chi connectivity index (χ1) is 15.0. The molecule has 13 heteroatoms. The number of hydrogen-bond donors (Lipinski definition) is 0. The highest BCUT2D eigenvalue weighted by Crippen LogP contribution is 2.40. The van der Waals surface area contributed by atoms with Crippen molar-refractivity contribution in [2.75, 3.05) is 11.4 Å². The standard InChI is InChI=1S/C20H19F6N3O3S.CH4/c1-18(2,33(31,32)14-5-3-4-13(8-14)19(21,22)23)12-6-7-29(17(30)9-12)16-11-27-15(10-28-16)20(24,25)26;/h3-5,8,10-12H,6-7,9H2,1-2H3;1H4/t12-;/m1./s1. The Morgan fingerprint density at radius 2 is 1.65 bits per heavy atom. The number of amides is 1. The average Bonchev–Trinajstić information content (AvgIpc) is 2.72. The Bertz CT molecular complexity index is 1150. The van der Waals surface area contributed by atoms with Crippen LogP contribution in [0.3, 0.4) is 0 Å². The third-order valence-corrected chi connectivity index (χ3v) is 8.37. The highest BCUT2D eigenvalue weighted by Gasteiger charge is 2.46. The number of alkyl halides is 6. The molecule has 1 fully saturated rings. The van der Waals surface area contributed by atoms with Crippen molar-refractivity contribution in [3.05, 3.63) is 47.9 Å². The molecular weight excluding hydrogens is 488 g/mol. The van der Waals surface area contributed by atoms with Crippen LogP contribution in [0.4, 0.5) is 32.2 Å². The van der Waals surface area contributed by atoms with Crippen LogP contribution in [-0.4, -0.2) is 35.6 Å². The summed E-state index contributed by atoms with van der Waals surface area (Å²) >= 11 is 0. The largest absolute Gasteiger partial charge is 0.434 e. The summed E-state index contributed by atoms with van der Waals surface area (Å²) in [5.41, 5.74) is -2.33. The van der Waals surface area contributed by atoms with Gasteiger partial charge in [0.05, 0.1) is 27.6 Å². The van der Waals surface area contributed by atoms with Gasteiger partial charge in [-0.3, -0.25) is 9.69 Å². The zero-order chi connectivity index (χ0) is 24.8. The predicted octanol–water partition coefficient (Wildman–Crippen LogP) is 5.15. The lowest BCUT2D eigenvalue weighted by atomic mass is 9.85. The van der Waals surface area contributed by atoms with E-state index in [-0.39, 0.29) is 32.6 Å². The first-order valence-electron chi connectivity index (χ1n) is 9.66. The topological polar surface area (TPSA) is 80.2 Å². The van der Waals surface area contributed by atoms with Crippen molar-refractivity contribution >= 4 is 21.6 Å². The predicted molar refractivity (Wildman–Crippen MR) is 112 cm³/mol. The molecule has 3 rings (SSSR count). The molecular formula is C21H23F6N3O3S. The first kappa shape index (κ1) is 27.5. The fraction of sp³-hybridized carbons (Fsp3) is 0.476. The Hall–Kier alpha value is -2.70. The van der Waals surface area contributed by atoms with Crippen LogP contribution in [0.2, 0.25) is 0 Å². The molecule has 0 saturated carbocycles. The van der Waals surface area contributed by atoms with Crippen LogP contribution < -0.4 is 4.90 Å². The molecule has 0 unspecified atom stereocenters. The quantitative estimate of drug-likeness (QED) is 0.531. The van der Waals surface area contributed by atoms with E-state index in [0.29, 0.717) is 12.3 Å². The summed E-state index contributed by atoms with van der Waals surface area (Å²) in [6.07, 6.45) is -8.25. The lowest BCUT2D eigenvalue weighted by Gasteiger charge is -2.39. The number of benzene rings is 1. The number of piperidine rings is 1. The third-order valence-electron chi connectivity index (χ3n) is 5.78. The van der Waals surface area contributed by atoms with E-state index < -0.39 is 54.9 Å². The summed E-state index contributed by atoms with van der Waals surface area (Å²) in [6.45, 7) is 2.65. The SMILES string of the molecule is C.CC(C)([C@@H]1CCN(c2cnc(C(F)(F)F)cn2)C(=O)C1)S(=O)(=O)c1cccc(C(F)(F)F)c1. The Balaban J connectivity index is 0.00000408. The molecule has 1 amide bonds. The molecule has 188 valence electrons. The van der Waals surface area contributed by atoms with Gasteiger partial charge in [-0.15, -0.1) is 0 Å². The number of rotatable bonds is 4. The lowest BCUT2D eigenvalue weighted by molar-refractivity contribution is -0.141. The lowest BCUT2D eigenvalue weighted by Crippen LogP contribution is -2.49. The van der Waals surface area contributed by atoms with Gasteiger partial charge in [0.25, 0.3) is 0 Å². The molecule has 1 aliphatic rings. The summed E-state index contributed by atoms with van der Waals surface area (Å²) < 4.78 is 102. The van der Waals surface area contributed by atoms with Gasteiger partial charge in [0.1, 0.15) is 0 Å². The number of carbonyl (C=O) groups is 1. The van der Waals surface area contributed by atoms with E-state index in [9.17, 15) is 39.6 Å². The monoisotopic (exact) mass is 511 g/mol. The Morgan fingerprint density at radius 1 is 1.00 bits per heavy atom. The number of sulfone groups is 1. The molecule has 1 atom stereocenters. The van der Waals surface area contributed by atoms with E-state index in [1.54, 1.807) is 0 Å². The van der Waals surface area contributed by atoms with Gasteiger partial charge in [0, 0.05) is 13.0 Å². The van der Waals surface area contributed by atoms with Crippen LogP contribution >= 0.6 is 0 Å². The normalized spacial score (nSPS) is 17.9. The maximum absolute atomic E-state index is 13.2. The molecule has 0 radical (unpaired) electrons. The van der Waals surface area contributed by atoms with Gasteiger partial charge in [-0.2, -0.15) is 26.3 Å². The molecule has 6 nitrogen and oxygen atoms in total. The van der Waals surface area contributed by atoms with Crippen molar-refractivity contribution < 1.29 is 39.6 Å². The number of carbonyl (C=O) groups excluding carboxylic acids is 1. The van der Waals surface area contributed by atoms with Gasteiger partial charge in [-0.25, -0.2) is 18.4 Å². The molecule has 1 aromatic heterocycles. The third kappa shape index (κ3) is 5.18. The summed E-state index contributed by atoms with van der Waals surface area (Å²) in [5.74, 6) is -1.43. The van der Waals surface area contributed by atoms with E-state index in [1.165, 1.54) is 13.8 Å². The Labute approximate surface area is 192 Å². The number of anilines is 1. The van der Waals surface area contributed by atoms with Crippen molar-refractivity contribution in [1.82, 2.24) is 9.97 Å². The summed E-state index contributed by atoms with van der Waals surface area (Å²) in [4.78, 5) is 20.2. The summed E-state index contributed by atoms with van der Waals surface area (Å²) in [5, 5.41) is 0. The van der Waals surface area contributed by atoms with E-state index in [1.807, 2.05) is 0 Å². The minimum absolute atomic E-state index is 0. The van der Waals surface area contributed by atoms with E-state index in [2.05, 4.69) is 9.97 Å². The Kier molecular flexibility index (Phi) is 7.42. The molecule has 0 aliphatic carbocycles. The van der Waals surface area contributed by atoms with Crippen molar-refractivity contribution in [3.63, 3.8) is 0 Å². The number of nitrogens with zero attached hydrogens (tertiary/aromatic N) is 3. The van der Waals surface area contributed by atoms with Gasteiger partial charge in [-0.05, 0) is 44.4 Å². The second kappa shape index (κ2) is 9.16. The number of hydrogen-bond acceptors (Lipinski definition) is 5. The maximum Gasteiger partial charge on any atom is 0.434 e. The van der Waals surface area contributed by atoms with Crippen molar-refractivity contribution in [2.45, 2.75) is 56.1 Å².